The summed E-state index contributed by atoms with van der Waals surface area (Å²) in [5, 5.41) is 1.38. The number of rotatable bonds is 1. The molecule has 5 rings (SSSR count). The first-order chi connectivity index (χ1) is 9.83. The van der Waals surface area contributed by atoms with E-state index < -0.39 is 0 Å². The lowest BCUT2D eigenvalue weighted by Gasteiger charge is -2.30. The SMILES string of the molecule is COc1ccc2[nH]c3c(c2c1)CCN1CC2CC3C1C2. The summed E-state index contributed by atoms with van der Waals surface area (Å²) >= 11 is 0. The third-order valence-electron chi connectivity index (χ3n) is 5.75. The van der Waals surface area contributed by atoms with Crippen molar-refractivity contribution in [1.82, 2.24) is 9.88 Å². The topological polar surface area (TPSA) is 28.3 Å². The molecule has 0 radical (unpaired) electrons. The number of hydrogen-bond acceptors (Lipinski definition) is 2. The molecule has 2 bridgehead atoms. The first-order valence-electron chi connectivity index (χ1n) is 7.76. The van der Waals surface area contributed by atoms with Crippen molar-refractivity contribution in [3.8, 4) is 5.75 Å². The quantitative estimate of drug-likeness (QED) is 0.861. The van der Waals surface area contributed by atoms with Gasteiger partial charge in [-0.2, -0.15) is 0 Å². The Labute approximate surface area is 118 Å². The van der Waals surface area contributed by atoms with Crippen LogP contribution in [0.15, 0.2) is 18.2 Å². The van der Waals surface area contributed by atoms with Gasteiger partial charge in [0, 0.05) is 41.6 Å². The maximum atomic E-state index is 5.41. The zero-order valence-corrected chi connectivity index (χ0v) is 11.9. The number of hydrogen-bond donors (Lipinski definition) is 1. The van der Waals surface area contributed by atoms with Crippen LogP contribution < -0.4 is 4.74 Å². The second kappa shape index (κ2) is 3.79. The molecule has 0 amide bonds. The third-order valence-corrected chi connectivity index (χ3v) is 5.75. The van der Waals surface area contributed by atoms with Crippen molar-refractivity contribution < 1.29 is 4.74 Å². The average molecular weight is 268 g/mol. The van der Waals surface area contributed by atoms with Gasteiger partial charge < -0.3 is 9.72 Å². The molecule has 3 unspecified atom stereocenters. The lowest BCUT2D eigenvalue weighted by Crippen LogP contribution is -2.36. The molecule has 3 atom stereocenters. The van der Waals surface area contributed by atoms with E-state index in [9.17, 15) is 0 Å². The summed E-state index contributed by atoms with van der Waals surface area (Å²) in [5.41, 5.74) is 4.37. The Morgan fingerprint density at radius 1 is 1.30 bits per heavy atom. The summed E-state index contributed by atoms with van der Waals surface area (Å²) in [6.45, 7) is 2.57. The molecule has 1 aromatic carbocycles. The van der Waals surface area contributed by atoms with Gasteiger partial charge >= 0.3 is 0 Å². The first-order valence-corrected chi connectivity index (χ1v) is 7.76. The number of methoxy groups -OCH3 is 1. The molecule has 104 valence electrons. The van der Waals surface area contributed by atoms with Crippen molar-refractivity contribution in [2.75, 3.05) is 20.2 Å². The highest BCUT2D eigenvalue weighted by Crippen LogP contribution is 2.50. The number of benzene rings is 1. The lowest BCUT2D eigenvalue weighted by atomic mass is 9.93. The standard InChI is InChI=1S/C17H20N2O/c1-20-11-2-3-15-13(8-11)12-4-5-19-9-10-6-14(16(19)7-10)17(12)18-15/h2-3,8,10,14,16,18H,4-7,9H2,1H3. The molecule has 1 N–H and O–H groups in total. The van der Waals surface area contributed by atoms with E-state index in [1.807, 2.05) is 0 Å². The summed E-state index contributed by atoms with van der Waals surface area (Å²) in [7, 11) is 1.75. The molecule has 3 nitrogen and oxygen atoms in total. The van der Waals surface area contributed by atoms with E-state index >= 15 is 0 Å². The molecule has 1 saturated carbocycles. The zero-order chi connectivity index (χ0) is 13.3. The Morgan fingerprint density at radius 3 is 3.10 bits per heavy atom. The fourth-order valence-corrected chi connectivity index (χ4v) is 4.92. The van der Waals surface area contributed by atoms with Crippen LogP contribution in [-0.2, 0) is 6.42 Å². The van der Waals surface area contributed by atoms with Crippen molar-refractivity contribution >= 4 is 10.9 Å². The van der Waals surface area contributed by atoms with Crippen LogP contribution in [0.2, 0.25) is 0 Å². The van der Waals surface area contributed by atoms with Crippen LogP contribution in [0.3, 0.4) is 0 Å². The van der Waals surface area contributed by atoms with Crippen LogP contribution in [0, 0.1) is 5.92 Å². The largest absolute Gasteiger partial charge is 0.497 e. The number of piperidine rings is 1. The Morgan fingerprint density at radius 2 is 2.25 bits per heavy atom. The van der Waals surface area contributed by atoms with E-state index in [1.54, 1.807) is 12.7 Å². The van der Waals surface area contributed by atoms with Gasteiger partial charge in [-0.05, 0) is 48.9 Å². The summed E-state index contributed by atoms with van der Waals surface area (Å²) in [6, 6.07) is 7.25. The van der Waals surface area contributed by atoms with Gasteiger partial charge in [-0.15, -0.1) is 0 Å². The van der Waals surface area contributed by atoms with Crippen molar-refractivity contribution in [2.24, 2.45) is 5.92 Å². The minimum Gasteiger partial charge on any atom is -0.497 e. The second-order valence-electron chi connectivity index (χ2n) is 6.68. The van der Waals surface area contributed by atoms with Crippen LogP contribution in [0.4, 0.5) is 0 Å². The molecule has 1 aliphatic carbocycles. The van der Waals surface area contributed by atoms with Crippen molar-refractivity contribution in [1.29, 1.82) is 0 Å². The highest BCUT2D eigenvalue weighted by atomic mass is 16.5. The van der Waals surface area contributed by atoms with Crippen LogP contribution in [0.1, 0.15) is 30.0 Å². The zero-order valence-electron chi connectivity index (χ0n) is 11.9. The molecule has 3 heteroatoms. The van der Waals surface area contributed by atoms with Crippen LogP contribution >= 0.6 is 0 Å². The number of nitrogens with zero attached hydrogens (tertiary/aromatic N) is 1. The van der Waals surface area contributed by atoms with Crippen LogP contribution in [-0.4, -0.2) is 36.1 Å². The van der Waals surface area contributed by atoms with Gasteiger partial charge in [-0.3, -0.25) is 4.90 Å². The smallest absolute Gasteiger partial charge is 0.119 e. The number of H-pyrrole nitrogens is 1. The summed E-state index contributed by atoms with van der Waals surface area (Å²) in [6.07, 6.45) is 3.99. The van der Waals surface area contributed by atoms with Gasteiger partial charge in [0.05, 0.1) is 7.11 Å². The number of nitrogens with one attached hydrogen (secondary N) is 1. The molecule has 1 aromatic heterocycles. The fourth-order valence-electron chi connectivity index (χ4n) is 4.92. The van der Waals surface area contributed by atoms with Crippen molar-refractivity contribution in [3.05, 3.63) is 29.5 Å². The molecular formula is C17H20N2O. The third kappa shape index (κ3) is 1.34. The molecule has 0 spiro atoms. The van der Waals surface area contributed by atoms with Gasteiger partial charge in [0.1, 0.15) is 5.75 Å². The lowest BCUT2D eigenvalue weighted by molar-refractivity contribution is 0.201. The van der Waals surface area contributed by atoms with Gasteiger partial charge in [0.15, 0.2) is 0 Å². The Bertz CT molecular complexity index is 690. The van der Waals surface area contributed by atoms with Gasteiger partial charge in [0.2, 0.25) is 0 Å². The number of aromatic nitrogens is 1. The predicted octanol–water partition coefficient (Wildman–Crippen LogP) is 2.91. The van der Waals surface area contributed by atoms with E-state index in [2.05, 4.69) is 28.1 Å². The maximum absolute atomic E-state index is 5.41. The summed E-state index contributed by atoms with van der Waals surface area (Å²) in [5.74, 6) is 2.65. The average Bonchev–Trinajstić information content (AvgIpc) is 3.14. The van der Waals surface area contributed by atoms with E-state index in [-0.39, 0.29) is 0 Å². The fraction of sp³-hybridized carbons (Fsp3) is 0.529. The minimum absolute atomic E-state index is 0.740. The van der Waals surface area contributed by atoms with Crippen molar-refractivity contribution in [3.63, 3.8) is 0 Å². The van der Waals surface area contributed by atoms with E-state index in [0.717, 1.165) is 23.6 Å². The second-order valence-corrected chi connectivity index (χ2v) is 6.68. The normalized spacial score (nSPS) is 31.6. The molecule has 3 heterocycles. The van der Waals surface area contributed by atoms with Crippen LogP contribution in [0.5, 0.6) is 5.75 Å². The van der Waals surface area contributed by atoms with E-state index in [4.69, 9.17) is 4.74 Å². The Hall–Kier alpha value is -1.48. The molecular weight excluding hydrogens is 248 g/mol. The van der Waals surface area contributed by atoms with Crippen LogP contribution in [0.25, 0.3) is 10.9 Å². The highest BCUT2D eigenvalue weighted by molar-refractivity contribution is 5.86. The summed E-state index contributed by atoms with van der Waals surface area (Å²) < 4.78 is 5.41. The number of fused-ring (bicyclic) bond motifs is 5. The maximum Gasteiger partial charge on any atom is 0.119 e. The van der Waals surface area contributed by atoms with E-state index in [0.29, 0.717) is 0 Å². The predicted molar refractivity (Wildman–Crippen MR) is 79.4 cm³/mol. The Balaban J connectivity index is 1.71. The van der Waals surface area contributed by atoms with Crippen molar-refractivity contribution in [2.45, 2.75) is 31.2 Å². The monoisotopic (exact) mass is 268 g/mol. The molecule has 2 fully saturated rings. The van der Waals surface area contributed by atoms with E-state index in [1.165, 1.54) is 48.9 Å². The highest BCUT2D eigenvalue weighted by Gasteiger charge is 2.47. The van der Waals surface area contributed by atoms with Gasteiger partial charge in [-0.25, -0.2) is 0 Å². The Kier molecular flexibility index (Phi) is 2.12. The minimum atomic E-state index is 0.740. The molecule has 20 heavy (non-hydrogen) atoms. The summed E-state index contributed by atoms with van der Waals surface area (Å²) in [4.78, 5) is 6.47. The molecule has 2 aromatic rings. The van der Waals surface area contributed by atoms with Gasteiger partial charge in [0.25, 0.3) is 0 Å². The molecule has 1 saturated heterocycles. The molecule has 2 aliphatic heterocycles. The number of aromatic amines is 1. The first kappa shape index (κ1) is 11.2. The van der Waals surface area contributed by atoms with Gasteiger partial charge in [-0.1, -0.05) is 0 Å². The molecule has 3 aliphatic rings. The number of ether oxygens (including phenoxy) is 1.